The first-order valence-electron chi connectivity index (χ1n) is 6.63. The molecule has 3 nitrogen and oxygen atoms in total. The van der Waals surface area contributed by atoms with Gasteiger partial charge in [0.1, 0.15) is 0 Å². The zero-order chi connectivity index (χ0) is 11.5. The van der Waals surface area contributed by atoms with Gasteiger partial charge < -0.3 is 9.80 Å². The summed E-state index contributed by atoms with van der Waals surface area (Å²) >= 11 is 0. The fraction of sp³-hybridized carbons (Fsp3) is 0.923. The van der Waals surface area contributed by atoms with Crippen LogP contribution in [-0.4, -0.2) is 48.9 Å². The second-order valence-corrected chi connectivity index (χ2v) is 5.48. The lowest BCUT2D eigenvalue weighted by atomic mass is 9.94. The summed E-state index contributed by atoms with van der Waals surface area (Å²) in [7, 11) is 3.73. The highest BCUT2D eigenvalue weighted by Gasteiger charge is 2.30. The van der Waals surface area contributed by atoms with Crippen LogP contribution in [0.2, 0.25) is 0 Å². The molecule has 3 heteroatoms. The molecule has 1 aliphatic heterocycles. The molecule has 0 aromatic heterocycles. The van der Waals surface area contributed by atoms with Gasteiger partial charge in [-0.2, -0.15) is 0 Å². The molecule has 0 aromatic rings. The fourth-order valence-corrected chi connectivity index (χ4v) is 3.15. The van der Waals surface area contributed by atoms with Crippen LogP contribution in [0.5, 0.6) is 0 Å². The quantitative estimate of drug-likeness (QED) is 0.713. The predicted octanol–water partition coefficient (Wildman–Crippen LogP) is 1.73. The second kappa shape index (κ2) is 5.17. The van der Waals surface area contributed by atoms with Gasteiger partial charge in [0.25, 0.3) is 0 Å². The van der Waals surface area contributed by atoms with Crippen molar-refractivity contribution in [2.75, 3.05) is 27.2 Å². The smallest absolute Gasteiger partial charge is 0.225 e. The standard InChI is InChI=1S/C13H24N2O/c1-14(2)13(16)11-7-9-15(10-8-11)12-5-3-4-6-12/h11-12H,3-10H2,1-2H3. The van der Waals surface area contributed by atoms with E-state index in [0.29, 0.717) is 5.91 Å². The summed E-state index contributed by atoms with van der Waals surface area (Å²) in [4.78, 5) is 16.2. The molecule has 0 N–H and O–H groups in total. The van der Waals surface area contributed by atoms with Gasteiger partial charge in [0.2, 0.25) is 5.91 Å². The summed E-state index contributed by atoms with van der Waals surface area (Å²) in [6, 6.07) is 0.829. The van der Waals surface area contributed by atoms with Crippen molar-refractivity contribution >= 4 is 5.91 Å². The van der Waals surface area contributed by atoms with Crippen molar-refractivity contribution in [1.82, 2.24) is 9.80 Å². The van der Waals surface area contributed by atoms with Gasteiger partial charge >= 0.3 is 0 Å². The summed E-state index contributed by atoms with van der Waals surface area (Å²) in [6.45, 7) is 2.27. The first kappa shape index (κ1) is 11.9. The number of hydrogen-bond acceptors (Lipinski definition) is 2. The molecule has 1 saturated carbocycles. The molecule has 1 saturated heterocycles. The van der Waals surface area contributed by atoms with Crippen LogP contribution in [-0.2, 0) is 4.79 Å². The van der Waals surface area contributed by atoms with E-state index in [9.17, 15) is 4.79 Å². The zero-order valence-corrected chi connectivity index (χ0v) is 10.6. The Kier molecular flexibility index (Phi) is 3.85. The monoisotopic (exact) mass is 224 g/mol. The molecule has 2 aliphatic rings. The maximum absolute atomic E-state index is 11.8. The molecule has 1 heterocycles. The number of carbonyl (C=O) groups is 1. The van der Waals surface area contributed by atoms with Crippen LogP contribution >= 0.6 is 0 Å². The Labute approximate surface area is 98.8 Å². The SMILES string of the molecule is CN(C)C(=O)C1CCN(C2CCCC2)CC1. The Morgan fingerprint density at radius 1 is 1.06 bits per heavy atom. The van der Waals surface area contributed by atoms with Crippen molar-refractivity contribution in [3.63, 3.8) is 0 Å². The molecule has 0 aromatic carbocycles. The Bertz CT molecular complexity index is 238. The van der Waals surface area contributed by atoms with Crippen molar-refractivity contribution < 1.29 is 4.79 Å². The molecule has 0 unspecified atom stereocenters. The summed E-state index contributed by atoms with van der Waals surface area (Å²) in [5.74, 6) is 0.610. The Hall–Kier alpha value is -0.570. The van der Waals surface area contributed by atoms with Gasteiger partial charge in [-0.05, 0) is 38.8 Å². The van der Waals surface area contributed by atoms with Crippen molar-refractivity contribution in [2.45, 2.75) is 44.6 Å². The third-order valence-electron chi connectivity index (χ3n) is 4.16. The van der Waals surface area contributed by atoms with Crippen LogP contribution in [0.25, 0.3) is 0 Å². The summed E-state index contributed by atoms with van der Waals surface area (Å²) < 4.78 is 0. The van der Waals surface area contributed by atoms with Crippen molar-refractivity contribution in [3.8, 4) is 0 Å². The van der Waals surface area contributed by atoms with Gasteiger partial charge in [-0.1, -0.05) is 12.8 Å². The van der Waals surface area contributed by atoms with E-state index in [1.165, 1.54) is 25.7 Å². The lowest BCUT2D eigenvalue weighted by molar-refractivity contribution is -0.134. The van der Waals surface area contributed by atoms with Gasteiger partial charge in [0, 0.05) is 26.1 Å². The molecule has 0 atom stereocenters. The van der Waals surface area contributed by atoms with Gasteiger partial charge in [-0.15, -0.1) is 0 Å². The lowest BCUT2D eigenvalue weighted by Gasteiger charge is -2.36. The number of likely N-dealkylation sites (tertiary alicyclic amines) is 1. The highest BCUT2D eigenvalue weighted by molar-refractivity contribution is 5.78. The molecule has 1 aliphatic carbocycles. The first-order valence-corrected chi connectivity index (χ1v) is 6.63. The van der Waals surface area contributed by atoms with Crippen molar-refractivity contribution in [2.24, 2.45) is 5.92 Å². The van der Waals surface area contributed by atoms with E-state index in [1.807, 2.05) is 14.1 Å². The van der Waals surface area contributed by atoms with E-state index >= 15 is 0 Å². The zero-order valence-electron chi connectivity index (χ0n) is 10.6. The highest BCUT2D eigenvalue weighted by Crippen LogP contribution is 2.28. The molecular weight excluding hydrogens is 200 g/mol. The molecule has 2 rings (SSSR count). The summed E-state index contributed by atoms with van der Waals surface area (Å²) in [5, 5.41) is 0. The predicted molar refractivity (Wildman–Crippen MR) is 65.2 cm³/mol. The number of piperidine rings is 1. The van der Waals surface area contributed by atoms with Crippen LogP contribution in [0.3, 0.4) is 0 Å². The number of hydrogen-bond donors (Lipinski definition) is 0. The van der Waals surface area contributed by atoms with Crippen molar-refractivity contribution in [3.05, 3.63) is 0 Å². The maximum atomic E-state index is 11.8. The van der Waals surface area contributed by atoms with Gasteiger partial charge in [-0.25, -0.2) is 0 Å². The van der Waals surface area contributed by atoms with E-state index in [0.717, 1.165) is 32.0 Å². The largest absolute Gasteiger partial charge is 0.349 e. The Morgan fingerprint density at radius 2 is 1.62 bits per heavy atom. The second-order valence-electron chi connectivity index (χ2n) is 5.48. The minimum absolute atomic E-state index is 0.285. The summed E-state index contributed by atoms with van der Waals surface area (Å²) in [5.41, 5.74) is 0. The minimum atomic E-state index is 0.285. The topological polar surface area (TPSA) is 23.6 Å². The number of carbonyl (C=O) groups excluding carboxylic acids is 1. The van der Waals surface area contributed by atoms with Crippen molar-refractivity contribution in [1.29, 1.82) is 0 Å². The molecule has 0 spiro atoms. The van der Waals surface area contributed by atoms with Crippen LogP contribution in [0, 0.1) is 5.92 Å². The summed E-state index contributed by atoms with van der Waals surface area (Å²) in [6.07, 6.45) is 7.70. The van der Waals surface area contributed by atoms with Gasteiger partial charge in [0.15, 0.2) is 0 Å². The van der Waals surface area contributed by atoms with Crippen LogP contribution < -0.4 is 0 Å². The number of nitrogens with zero attached hydrogens (tertiary/aromatic N) is 2. The van der Waals surface area contributed by atoms with Crippen LogP contribution in [0.1, 0.15) is 38.5 Å². The third-order valence-corrected chi connectivity index (χ3v) is 4.16. The molecule has 16 heavy (non-hydrogen) atoms. The molecule has 92 valence electrons. The number of rotatable bonds is 2. The average Bonchev–Trinajstić information content (AvgIpc) is 2.81. The normalized spacial score (nSPS) is 24.9. The highest BCUT2D eigenvalue weighted by atomic mass is 16.2. The van der Waals surface area contributed by atoms with Gasteiger partial charge in [0.05, 0.1) is 0 Å². The molecule has 1 amide bonds. The molecule has 2 fully saturated rings. The van der Waals surface area contributed by atoms with E-state index in [4.69, 9.17) is 0 Å². The Morgan fingerprint density at radius 3 is 2.12 bits per heavy atom. The molecule has 0 bridgehead atoms. The van der Waals surface area contributed by atoms with E-state index < -0.39 is 0 Å². The van der Waals surface area contributed by atoms with Gasteiger partial charge in [-0.3, -0.25) is 4.79 Å². The fourth-order valence-electron chi connectivity index (χ4n) is 3.15. The van der Waals surface area contributed by atoms with Crippen LogP contribution in [0.15, 0.2) is 0 Å². The molecular formula is C13H24N2O. The maximum Gasteiger partial charge on any atom is 0.225 e. The first-order chi connectivity index (χ1) is 7.68. The molecule has 0 radical (unpaired) electrons. The van der Waals surface area contributed by atoms with E-state index in [1.54, 1.807) is 4.90 Å². The minimum Gasteiger partial charge on any atom is -0.349 e. The van der Waals surface area contributed by atoms with E-state index in [2.05, 4.69) is 4.90 Å². The van der Waals surface area contributed by atoms with E-state index in [-0.39, 0.29) is 5.92 Å². The average molecular weight is 224 g/mol. The Balaban J connectivity index is 1.80. The van der Waals surface area contributed by atoms with Crippen LogP contribution in [0.4, 0.5) is 0 Å². The number of amides is 1. The lowest BCUT2D eigenvalue weighted by Crippen LogP contribution is -2.43. The third kappa shape index (κ3) is 2.57.